The molecule has 4 rings (SSSR count). The smallest absolute Gasteiger partial charge is 0.321 e. The average molecular weight is 686 g/mol. The largest absolute Gasteiger partial charge is 0.490 e. The van der Waals surface area contributed by atoms with Gasteiger partial charge >= 0.3 is 6.03 Å². The Hall–Kier alpha value is -4.14. The van der Waals surface area contributed by atoms with Crippen LogP contribution < -0.4 is 14.8 Å². The normalized spacial score (nSPS) is 20.2. The number of sulfonamides is 1. The predicted molar refractivity (Wildman–Crippen MR) is 182 cm³/mol. The molecular formula is C34H47N5O8S. The Balaban J connectivity index is 1.64. The lowest BCUT2D eigenvalue weighted by Gasteiger charge is -2.35. The molecule has 0 radical (unpaired) electrons. The van der Waals surface area contributed by atoms with Gasteiger partial charge in [0.2, 0.25) is 0 Å². The van der Waals surface area contributed by atoms with Crippen molar-refractivity contribution in [1.82, 2.24) is 15.0 Å². The van der Waals surface area contributed by atoms with Crippen LogP contribution in [0.5, 0.6) is 5.75 Å². The number of hydrogen-bond donors (Lipinski definition) is 3. The summed E-state index contributed by atoms with van der Waals surface area (Å²) < 4.78 is 46.8. The van der Waals surface area contributed by atoms with Gasteiger partial charge in [-0.25, -0.2) is 13.2 Å². The molecule has 3 amide bonds. The van der Waals surface area contributed by atoms with Crippen LogP contribution >= 0.6 is 0 Å². The van der Waals surface area contributed by atoms with Crippen LogP contribution in [0.1, 0.15) is 61.8 Å². The van der Waals surface area contributed by atoms with E-state index in [1.54, 1.807) is 31.0 Å². The van der Waals surface area contributed by atoms with Gasteiger partial charge in [-0.3, -0.25) is 9.52 Å². The molecule has 1 aliphatic heterocycles. The summed E-state index contributed by atoms with van der Waals surface area (Å²) in [6.07, 6.45) is 1.58. The van der Waals surface area contributed by atoms with Crippen LogP contribution in [0.15, 0.2) is 57.9 Å². The molecule has 0 bridgehead atoms. The lowest BCUT2D eigenvalue weighted by Crippen LogP contribution is -2.48. The van der Waals surface area contributed by atoms with Crippen LogP contribution in [0.3, 0.4) is 0 Å². The van der Waals surface area contributed by atoms with E-state index in [2.05, 4.69) is 15.2 Å². The first-order valence-corrected chi connectivity index (χ1v) is 17.7. The number of urea groups is 1. The predicted octanol–water partition coefficient (Wildman–Crippen LogP) is 5.05. The molecule has 14 heteroatoms. The standard InChI is InChI=1S/C34H47N5O8S/c1-22-19-39(23(2)21-40)33(41)29-18-28(37-48(43,44)32-25(4)36-47-26(32)5)15-16-30(29)46-24(3)12-10-11-17-45-31(22)20-38(6)34(42)35-27-13-8-7-9-14-27/h7-9,13-16,18,22-24,31,37,40H,10-12,17,19-21H2,1-6H3,(H,35,42)/t22-,23-,24-,31-/m0/s1. The third-order valence-corrected chi connectivity index (χ3v) is 9.99. The van der Waals surface area contributed by atoms with Crippen molar-refractivity contribution >= 4 is 33.3 Å². The quantitative estimate of drug-likeness (QED) is 0.294. The number of aromatic nitrogens is 1. The van der Waals surface area contributed by atoms with Crippen LogP contribution in [0.2, 0.25) is 0 Å². The number of likely N-dealkylation sites (N-methyl/N-ethyl adjacent to an activating group) is 1. The van der Waals surface area contributed by atoms with Gasteiger partial charge in [0.15, 0.2) is 10.7 Å². The topological polar surface area (TPSA) is 164 Å². The number of carbonyl (C=O) groups is 2. The van der Waals surface area contributed by atoms with Gasteiger partial charge in [-0.05, 0) is 77.3 Å². The summed E-state index contributed by atoms with van der Waals surface area (Å²) in [6, 6.07) is 12.8. The van der Waals surface area contributed by atoms with Gasteiger partial charge in [0, 0.05) is 44.0 Å². The summed E-state index contributed by atoms with van der Waals surface area (Å²) >= 11 is 0. The third kappa shape index (κ3) is 9.26. The number of nitrogens with zero attached hydrogens (tertiary/aromatic N) is 3. The van der Waals surface area contributed by atoms with Crippen LogP contribution in [-0.4, -0.2) is 92.0 Å². The van der Waals surface area contributed by atoms with Crippen LogP contribution in [0.25, 0.3) is 0 Å². The van der Waals surface area contributed by atoms with E-state index in [0.717, 1.165) is 12.8 Å². The van der Waals surface area contributed by atoms with Crippen molar-refractivity contribution in [2.75, 3.05) is 43.4 Å². The van der Waals surface area contributed by atoms with Crippen molar-refractivity contribution in [1.29, 1.82) is 0 Å². The number of fused-ring (bicyclic) bond motifs is 1. The summed E-state index contributed by atoms with van der Waals surface area (Å²) in [4.78, 5) is 30.4. The molecule has 4 atom stereocenters. The van der Waals surface area contributed by atoms with E-state index in [1.807, 2.05) is 44.2 Å². The van der Waals surface area contributed by atoms with Crippen molar-refractivity contribution in [3.05, 3.63) is 65.5 Å². The Kier molecular flexibility index (Phi) is 12.5. The molecule has 1 aliphatic rings. The van der Waals surface area contributed by atoms with E-state index in [9.17, 15) is 23.1 Å². The fourth-order valence-corrected chi connectivity index (χ4v) is 6.99. The molecule has 2 aromatic carbocycles. The number of nitrogens with one attached hydrogen (secondary N) is 2. The molecule has 2 heterocycles. The van der Waals surface area contributed by atoms with E-state index in [1.165, 1.54) is 24.8 Å². The zero-order valence-corrected chi connectivity index (χ0v) is 29.2. The molecule has 48 heavy (non-hydrogen) atoms. The van der Waals surface area contributed by atoms with Gasteiger partial charge in [-0.1, -0.05) is 30.3 Å². The minimum atomic E-state index is -4.09. The van der Waals surface area contributed by atoms with Crippen molar-refractivity contribution in [2.24, 2.45) is 5.92 Å². The van der Waals surface area contributed by atoms with Gasteiger partial charge in [0.05, 0.1) is 30.4 Å². The van der Waals surface area contributed by atoms with Gasteiger partial charge in [0.1, 0.15) is 11.4 Å². The molecule has 3 N–H and O–H groups in total. The Morgan fingerprint density at radius 2 is 1.85 bits per heavy atom. The number of hydrogen-bond acceptors (Lipinski definition) is 9. The van der Waals surface area contributed by atoms with Crippen molar-refractivity contribution in [2.45, 2.75) is 77.0 Å². The van der Waals surface area contributed by atoms with E-state index in [0.29, 0.717) is 24.5 Å². The summed E-state index contributed by atoms with van der Waals surface area (Å²) in [5.74, 6) is -0.265. The fourth-order valence-electron chi connectivity index (χ4n) is 5.61. The minimum Gasteiger partial charge on any atom is -0.490 e. The number of ether oxygens (including phenoxy) is 2. The van der Waals surface area contributed by atoms with Crippen molar-refractivity contribution in [3.8, 4) is 5.75 Å². The summed E-state index contributed by atoms with van der Waals surface area (Å²) in [5, 5.41) is 16.9. The van der Waals surface area contributed by atoms with E-state index in [4.69, 9.17) is 14.0 Å². The number of aliphatic hydroxyl groups excluding tert-OH is 1. The second kappa shape index (κ2) is 16.3. The highest BCUT2D eigenvalue weighted by Crippen LogP contribution is 2.30. The Morgan fingerprint density at radius 3 is 2.52 bits per heavy atom. The maximum Gasteiger partial charge on any atom is 0.321 e. The van der Waals surface area contributed by atoms with E-state index in [-0.39, 0.29) is 65.3 Å². The Morgan fingerprint density at radius 1 is 1.12 bits per heavy atom. The first kappa shape index (κ1) is 36.7. The highest BCUT2D eigenvalue weighted by atomic mass is 32.2. The number of aryl methyl sites for hydroxylation is 2. The average Bonchev–Trinajstić information content (AvgIpc) is 3.40. The van der Waals surface area contributed by atoms with Crippen LogP contribution in [0, 0.1) is 19.8 Å². The second-order valence-corrected chi connectivity index (χ2v) is 14.1. The highest BCUT2D eigenvalue weighted by molar-refractivity contribution is 7.92. The number of carbonyl (C=O) groups excluding carboxylic acids is 2. The van der Waals surface area contributed by atoms with Gasteiger partial charge in [0.25, 0.3) is 15.9 Å². The number of rotatable bonds is 8. The zero-order chi connectivity index (χ0) is 35.0. The monoisotopic (exact) mass is 685 g/mol. The van der Waals surface area contributed by atoms with E-state index >= 15 is 0 Å². The lowest BCUT2D eigenvalue weighted by atomic mass is 10.0. The molecule has 3 aromatic rings. The molecule has 0 saturated carbocycles. The second-order valence-electron chi connectivity index (χ2n) is 12.4. The van der Waals surface area contributed by atoms with Gasteiger partial charge < -0.3 is 34.2 Å². The summed E-state index contributed by atoms with van der Waals surface area (Å²) in [7, 11) is -2.40. The maximum absolute atomic E-state index is 14.4. The lowest BCUT2D eigenvalue weighted by molar-refractivity contribution is -0.0115. The molecule has 262 valence electrons. The van der Waals surface area contributed by atoms with E-state index < -0.39 is 28.1 Å². The Labute approximate surface area is 282 Å². The SMILES string of the molecule is Cc1noc(C)c1S(=O)(=O)Nc1ccc2c(c1)C(=O)N([C@@H](C)CO)C[C@H](C)[C@H](CN(C)C(=O)Nc1ccccc1)OCCCC[C@H](C)O2. The van der Waals surface area contributed by atoms with Crippen LogP contribution in [0.4, 0.5) is 16.2 Å². The number of aliphatic hydroxyl groups is 1. The highest BCUT2D eigenvalue weighted by Gasteiger charge is 2.32. The number of para-hydroxylation sites is 1. The molecule has 0 unspecified atom stereocenters. The molecule has 13 nitrogen and oxygen atoms in total. The Bertz CT molecular complexity index is 1630. The zero-order valence-electron chi connectivity index (χ0n) is 28.4. The number of benzene rings is 2. The molecular weight excluding hydrogens is 638 g/mol. The molecule has 1 aromatic heterocycles. The van der Waals surface area contributed by atoms with Crippen molar-refractivity contribution < 1.29 is 37.1 Å². The maximum atomic E-state index is 14.4. The van der Waals surface area contributed by atoms with Gasteiger partial charge in [-0.2, -0.15) is 0 Å². The summed E-state index contributed by atoms with van der Waals surface area (Å²) in [6.45, 7) is 9.23. The molecule has 0 saturated heterocycles. The molecule has 0 spiro atoms. The minimum absolute atomic E-state index is 0.0726. The molecule has 0 aliphatic carbocycles. The number of amides is 3. The third-order valence-electron chi connectivity index (χ3n) is 8.37. The number of anilines is 2. The molecule has 0 fully saturated rings. The first-order valence-electron chi connectivity index (χ1n) is 16.2. The first-order chi connectivity index (χ1) is 22.8. The van der Waals surface area contributed by atoms with Crippen LogP contribution in [-0.2, 0) is 14.8 Å². The van der Waals surface area contributed by atoms with Crippen molar-refractivity contribution in [3.63, 3.8) is 0 Å². The van der Waals surface area contributed by atoms with Gasteiger partial charge in [-0.15, -0.1) is 0 Å². The summed E-state index contributed by atoms with van der Waals surface area (Å²) in [5.41, 5.74) is 1.17. The fraction of sp³-hybridized carbons (Fsp3) is 0.500.